The van der Waals surface area contributed by atoms with Crippen LogP contribution in [0.5, 0.6) is 0 Å². The van der Waals surface area contributed by atoms with Crippen molar-refractivity contribution in [1.29, 1.82) is 0 Å². The predicted molar refractivity (Wildman–Crippen MR) is 92.7 cm³/mol. The van der Waals surface area contributed by atoms with E-state index in [4.69, 9.17) is 5.73 Å². The predicted octanol–water partition coefficient (Wildman–Crippen LogP) is 3.95. The smallest absolute Gasteiger partial charge is 0.221 e. The van der Waals surface area contributed by atoms with Crippen molar-refractivity contribution in [2.75, 3.05) is 17.6 Å². The highest BCUT2D eigenvalue weighted by atomic mass is 15.0. The fourth-order valence-electron chi connectivity index (χ4n) is 2.38. The van der Waals surface area contributed by atoms with Crippen LogP contribution in [0.2, 0.25) is 0 Å². The Kier molecular flexibility index (Phi) is 3.92. The molecule has 0 amide bonds. The van der Waals surface area contributed by atoms with Crippen molar-refractivity contribution in [1.82, 2.24) is 9.97 Å². The van der Waals surface area contributed by atoms with E-state index in [-0.39, 0.29) is 0 Å². The van der Waals surface area contributed by atoms with E-state index in [9.17, 15) is 0 Å². The molecule has 0 atom stereocenters. The van der Waals surface area contributed by atoms with Gasteiger partial charge < -0.3 is 11.1 Å². The highest BCUT2D eigenvalue weighted by Gasteiger charge is 2.08. The molecule has 3 rings (SSSR count). The van der Waals surface area contributed by atoms with E-state index in [1.807, 2.05) is 24.3 Å². The summed E-state index contributed by atoms with van der Waals surface area (Å²) in [7, 11) is 0. The summed E-state index contributed by atoms with van der Waals surface area (Å²) in [6, 6.07) is 16.2. The molecule has 0 saturated carbocycles. The maximum Gasteiger partial charge on any atom is 0.221 e. The third kappa shape index (κ3) is 3.01. The highest BCUT2D eigenvalue weighted by molar-refractivity contribution is 5.93. The van der Waals surface area contributed by atoms with Crippen LogP contribution in [0.25, 0.3) is 22.2 Å². The minimum Gasteiger partial charge on any atom is -0.385 e. The lowest BCUT2D eigenvalue weighted by Crippen LogP contribution is -2.07. The first-order chi connectivity index (χ1) is 10.6. The summed E-state index contributed by atoms with van der Waals surface area (Å²) in [5, 5.41) is 4.43. The number of hydrogen-bond donors (Lipinski definition) is 2. The number of nitrogens with zero attached hydrogens (tertiary/aromatic N) is 2. The fraction of sp³-hybridized carbons (Fsp3) is 0.222. The molecule has 0 aliphatic rings. The average Bonchev–Trinajstić information content (AvgIpc) is 2.52. The molecular formula is C18H20N4. The SMILES string of the molecule is CC(C)CNc1ccc(-c2nc(N)nc3ccccc23)cc1. The van der Waals surface area contributed by atoms with E-state index >= 15 is 0 Å². The molecule has 0 radical (unpaired) electrons. The Morgan fingerprint density at radius 3 is 2.45 bits per heavy atom. The van der Waals surface area contributed by atoms with Crippen molar-refractivity contribution in [3.63, 3.8) is 0 Å². The largest absolute Gasteiger partial charge is 0.385 e. The summed E-state index contributed by atoms with van der Waals surface area (Å²) in [6.45, 7) is 5.34. The molecule has 1 heterocycles. The zero-order valence-corrected chi connectivity index (χ0v) is 12.9. The summed E-state index contributed by atoms with van der Waals surface area (Å²) in [6.07, 6.45) is 0. The molecule has 22 heavy (non-hydrogen) atoms. The first-order valence-electron chi connectivity index (χ1n) is 7.50. The molecule has 4 heteroatoms. The van der Waals surface area contributed by atoms with Crippen LogP contribution in [0.15, 0.2) is 48.5 Å². The lowest BCUT2D eigenvalue weighted by Gasteiger charge is -2.10. The summed E-state index contributed by atoms with van der Waals surface area (Å²) in [5.41, 5.74) is 9.74. The average molecular weight is 292 g/mol. The first kappa shape index (κ1) is 14.3. The second-order valence-corrected chi connectivity index (χ2v) is 5.80. The molecule has 2 aromatic carbocycles. The number of hydrogen-bond acceptors (Lipinski definition) is 4. The molecule has 1 aromatic heterocycles. The van der Waals surface area contributed by atoms with Crippen molar-refractivity contribution < 1.29 is 0 Å². The zero-order chi connectivity index (χ0) is 15.5. The minimum absolute atomic E-state index is 0.302. The van der Waals surface area contributed by atoms with Crippen molar-refractivity contribution in [2.45, 2.75) is 13.8 Å². The summed E-state index contributed by atoms with van der Waals surface area (Å²) >= 11 is 0. The van der Waals surface area contributed by atoms with E-state index in [2.05, 4.69) is 53.4 Å². The van der Waals surface area contributed by atoms with Gasteiger partial charge in [-0.1, -0.05) is 44.2 Å². The maximum absolute atomic E-state index is 5.84. The van der Waals surface area contributed by atoms with Gasteiger partial charge in [-0.3, -0.25) is 0 Å². The third-order valence-electron chi connectivity index (χ3n) is 3.49. The number of aromatic nitrogens is 2. The summed E-state index contributed by atoms with van der Waals surface area (Å²) in [5.74, 6) is 0.918. The van der Waals surface area contributed by atoms with Gasteiger partial charge in [0.15, 0.2) is 0 Å². The number of nitrogens with two attached hydrogens (primary N) is 1. The Hall–Kier alpha value is -2.62. The second-order valence-electron chi connectivity index (χ2n) is 5.80. The molecule has 3 N–H and O–H groups in total. The van der Waals surface area contributed by atoms with Gasteiger partial charge in [-0.2, -0.15) is 0 Å². The van der Waals surface area contributed by atoms with E-state index in [0.717, 1.165) is 34.4 Å². The van der Waals surface area contributed by atoms with Crippen LogP contribution in [-0.2, 0) is 0 Å². The van der Waals surface area contributed by atoms with Gasteiger partial charge in [0.25, 0.3) is 0 Å². The number of para-hydroxylation sites is 1. The van der Waals surface area contributed by atoms with Gasteiger partial charge in [-0.05, 0) is 24.1 Å². The molecular weight excluding hydrogens is 272 g/mol. The Morgan fingerprint density at radius 1 is 1.00 bits per heavy atom. The number of benzene rings is 2. The third-order valence-corrected chi connectivity index (χ3v) is 3.49. The summed E-state index contributed by atoms with van der Waals surface area (Å²) in [4.78, 5) is 8.70. The number of rotatable bonds is 4. The van der Waals surface area contributed by atoms with Crippen LogP contribution in [0.1, 0.15) is 13.8 Å². The topological polar surface area (TPSA) is 63.8 Å². The van der Waals surface area contributed by atoms with Gasteiger partial charge in [0.2, 0.25) is 5.95 Å². The quantitative estimate of drug-likeness (QED) is 0.764. The van der Waals surface area contributed by atoms with Crippen LogP contribution in [0.4, 0.5) is 11.6 Å². The molecule has 0 fully saturated rings. The van der Waals surface area contributed by atoms with Gasteiger partial charge >= 0.3 is 0 Å². The van der Waals surface area contributed by atoms with Gasteiger partial charge in [-0.25, -0.2) is 9.97 Å². The summed E-state index contributed by atoms with van der Waals surface area (Å²) < 4.78 is 0. The van der Waals surface area contributed by atoms with Gasteiger partial charge in [0.1, 0.15) is 0 Å². The maximum atomic E-state index is 5.84. The molecule has 112 valence electrons. The van der Waals surface area contributed by atoms with Gasteiger partial charge in [-0.15, -0.1) is 0 Å². The Balaban J connectivity index is 1.97. The van der Waals surface area contributed by atoms with Crippen molar-refractivity contribution >= 4 is 22.5 Å². The van der Waals surface area contributed by atoms with E-state index in [0.29, 0.717) is 11.9 Å². The Morgan fingerprint density at radius 2 is 1.73 bits per heavy atom. The van der Waals surface area contributed by atoms with Crippen LogP contribution < -0.4 is 11.1 Å². The number of nitrogen functional groups attached to an aromatic ring is 1. The van der Waals surface area contributed by atoms with E-state index < -0.39 is 0 Å². The first-order valence-corrected chi connectivity index (χ1v) is 7.50. The molecule has 0 aliphatic heterocycles. The van der Waals surface area contributed by atoms with Crippen LogP contribution in [0.3, 0.4) is 0 Å². The number of nitrogens with one attached hydrogen (secondary N) is 1. The van der Waals surface area contributed by atoms with Crippen LogP contribution in [-0.4, -0.2) is 16.5 Å². The molecule has 4 nitrogen and oxygen atoms in total. The standard InChI is InChI=1S/C18H20N4/c1-12(2)11-20-14-9-7-13(8-10-14)17-15-5-3-4-6-16(15)21-18(19)22-17/h3-10,12,20H,11H2,1-2H3,(H2,19,21,22). The van der Waals surface area contributed by atoms with Crippen molar-refractivity contribution in [3.8, 4) is 11.3 Å². The molecule has 3 aromatic rings. The Bertz CT molecular complexity index is 779. The van der Waals surface area contributed by atoms with Crippen molar-refractivity contribution in [3.05, 3.63) is 48.5 Å². The van der Waals surface area contributed by atoms with Crippen LogP contribution in [0, 0.1) is 5.92 Å². The molecule has 0 saturated heterocycles. The minimum atomic E-state index is 0.302. The van der Waals surface area contributed by atoms with E-state index in [1.54, 1.807) is 0 Å². The number of anilines is 2. The monoisotopic (exact) mass is 292 g/mol. The van der Waals surface area contributed by atoms with Crippen LogP contribution >= 0.6 is 0 Å². The number of fused-ring (bicyclic) bond motifs is 1. The highest BCUT2D eigenvalue weighted by Crippen LogP contribution is 2.27. The van der Waals surface area contributed by atoms with E-state index in [1.165, 1.54) is 0 Å². The fourth-order valence-corrected chi connectivity index (χ4v) is 2.38. The molecule has 0 unspecified atom stereocenters. The molecule has 0 bridgehead atoms. The van der Waals surface area contributed by atoms with Gasteiger partial charge in [0, 0.05) is 23.2 Å². The zero-order valence-electron chi connectivity index (χ0n) is 12.9. The molecule has 0 aliphatic carbocycles. The Labute approximate surface area is 130 Å². The molecule has 0 spiro atoms. The lowest BCUT2D eigenvalue weighted by atomic mass is 10.1. The van der Waals surface area contributed by atoms with Crippen molar-refractivity contribution in [2.24, 2.45) is 5.92 Å². The van der Waals surface area contributed by atoms with Gasteiger partial charge in [0.05, 0.1) is 11.2 Å². The lowest BCUT2D eigenvalue weighted by molar-refractivity contribution is 0.689. The second kappa shape index (κ2) is 6.02. The normalized spacial score (nSPS) is 11.0.